The molecule has 2 amide bonds. The first kappa shape index (κ1) is 19.4. The minimum atomic E-state index is -0.323. The van der Waals surface area contributed by atoms with Crippen LogP contribution < -0.4 is 5.32 Å². The Morgan fingerprint density at radius 3 is 2.78 bits per heavy atom. The molecule has 6 nitrogen and oxygen atoms in total. The molecule has 1 aliphatic heterocycles. The summed E-state index contributed by atoms with van der Waals surface area (Å²) in [6.45, 7) is 4.08. The van der Waals surface area contributed by atoms with Gasteiger partial charge in [-0.1, -0.05) is 30.1 Å². The molecule has 1 fully saturated rings. The molecule has 1 aromatic heterocycles. The smallest absolute Gasteiger partial charge is 0.317 e. The molecular weight excluding hydrogens is 347 g/mol. The maximum Gasteiger partial charge on any atom is 0.317 e. The van der Waals surface area contributed by atoms with E-state index in [0.29, 0.717) is 23.6 Å². The van der Waals surface area contributed by atoms with E-state index in [9.17, 15) is 9.18 Å². The fourth-order valence-electron chi connectivity index (χ4n) is 3.23. The molecule has 3 rings (SSSR count). The quantitative estimate of drug-likeness (QED) is 0.841. The van der Waals surface area contributed by atoms with Crippen molar-refractivity contribution in [1.82, 2.24) is 20.3 Å². The van der Waals surface area contributed by atoms with E-state index in [1.165, 1.54) is 37.8 Å². The van der Waals surface area contributed by atoms with Gasteiger partial charge in [0.25, 0.3) is 0 Å². The molecule has 0 atom stereocenters. The first-order valence-electron chi connectivity index (χ1n) is 9.54. The van der Waals surface area contributed by atoms with E-state index < -0.39 is 0 Å². The molecule has 0 bridgehead atoms. The van der Waals surface area contributed by atoms with E-state index in [-0.39, 0.29) is 18.4 Å². The van der Waals surface area contributed by atoms with Crippen molar-refractivity contribution < 1.29 is 13.7 Å². The fraction of sp³-hybridized carbons (Fsp3) is 0.500. The van der Waals surface area contributed by atoms with Crippen molar-refractivity contribution in [3.8, 4) is 11.3 Å². The van der Waals surface area contributed by atoms with Crippen molar-refractivity contribution in [3.63, 3.8) is 0 Å². The van der Waals surface area contributed by atoms with E-state index in [4.69, 9.17) is 4.52 Å². The number of likely N-dealkylation sites (N-methyl/N-ethyl adjacent to an activating group) is 1. The lowest BCUT2D eigenvalue weighted by molar-refractivity contribution is 0.194. The second-order valence-electron chi connectivity index (χ2n) is 7.02. The van der Waals surface area contributed by atoms with Gasteiger partial charge in [-0.05, 0) is 38.1 Å². The molecule has 0 radical (unpaired) electrons. The number of carbonyl (C=O) groups excluding carboxylic acids is 1. The standard InChI is InChI=1S/C20H27FN4O2/c1-24(11-12-25-9-4-2-3-5-10-25)20(26)22-15-18-14-19(23-27-18)16-7-6-8-17(21)13-16/h6-8,13-14H,2-5,9-12,15H2,1H3,(H,22,26). The minimum absolute atomic E-state index is 0.145. The number of amides is 2. The second kappa shape index (κ2) is 9.50. The molecule has 1 aromatic carbocycles. The summed E-state index contributed by atoms with van der Waals surface area (Å²) in [5, 5.41) is 6.78. The predicted octanol–water partition coefficient (Wildman–Crippen LogP) is 3.50. The normalized spacial score (nSPS) is 15.3. The molecule has 2 aromatic rings. The third-order valence-electron chi connectivity index (χ3n) is 4.89. The van der Waals surface area contributed by atoms with Gasteiger partial charge in [0.2, 0.25) is 0 Å². The van der Waals surface area contributed by atoms with Crippen LogP contribution in [-0.2, 0) is 6.54 Å². The van der Waals surface area contributed by atoms with Gasteiger partial charge in [0.1, 0.15) is 11.5 Å². The van der Waals surface area contributed by atoms with Crippen LogP contribution >= 0.6 is 0 Å². The largest absolute Gasteiger partial charge is 0.359 e. The number of likely N-dealkylation sites (tertiary alicyclic amines) is 1. The van der Waals surface area contributed by atoms with Crippen molar-refractivity contribution in [1.29, 1.82) is 0 Å². The molecule has 0 saturated carbocycles. The van der Waals surface area contributed by atoms with Crippen LogP contribution in [0.2, 0.25) is 0 Å². The van der Waals surface area contributed by atoms with E-state index >= 15 is 0 Å². The number of benzene rings is 1. The van der Waals surface area contributed by atoms with Gasteiger partial charge in [0.05, 0.1) is 6.54 Å². The van der Waals surface area contributed by atoms with Gasteiger partial charge in [-0.15, -0.1) is 0 Å². The lowest BCUT2D eigenvalue weighted by Gasteiger charge is -2.24. The summed E-state index contributed by atoms with van der Waals surface area (Å²) in [4.78, 5) is 16.4. The lowest BCUT2D eigenvalue weighted by Crippen LogP contribution is -2.41. The van der Waals surface area contributed by atoms with Gasteiger partial charge >= 0.3 is 6.03 Å². The van der Waals surface area contributed by atoms with Gasteiger partial charge in [-0.25, -0.2) is 9.18 Å². The Morgan fingerprint density at radius 2 is 2.04 bits per heavy atom. The van der Waals surface area contributed by atoms with Gasteiger partial charge < -0.3 is 19.6 Å². The maximum absolute atomic E-state index is 13.3. The van der Waals surface area contributed by atoms with Crippen molar-refractivity contribution in [2.24, 2.45) is 0 Å². The zero-order valence-electron chi connectivity index (χ0n) is 15.8. The van der Waals surface area contributed by atoms with E-state index in [0.717, 1.165) is 19.6 Å². The molecule has 0 spiro atoms. The highest BCUT2D eigenvalue weighted by molar-refractivity contribution is 5.73. The zero-order chi connectivity index (χ0) is 19.1. The van der Waals surface area contributed by atoms with E-state index in [1.54, 1.807) is 30.1 Å². The lowest BCUT2D eigenvalue weighted by atomic mass is 10.1. The average Bonchev–Trinajstić information content (AvgIpc) is 2.99. The molecule has 0 unspecified atom stereocenters. The van der Waals surface area contributed by atoms with Crippen LogP contribution in [0.5, 0.6) is 0 Å². The molecule has 0 aliphatic carbocycles. The highest BCUT2D eigenvalue weighted by atomic mass is 19.1. The number of nitrogens with zero attached hydrogens (tertiary/aromatic N) is 3. The number of hydrogen-bond donors (Lipinski definition) is 1. The topological polar surface area (TPSA) is 61.6 Å². The third-order valence-corrected chi connectivity index (χ3v) is 4.89. The Kier molecular flexibility index (Phi) is 6.81. The molecule has 2 heterocycles. The number of rotatable bonds is 6. The highest BCUT2D eigenvalue weighted by Crippen LogP contribution is 2.19. The monoisotopic (exact) mass is 374 g/mol. The van der Waals surface area contributed by atoms with Crippen LogP contribution in [0.3, 0.4) is 0 Å². The van der Waals surface area contributed by atoms with Crippen LogP contribution in [0.25, 0.3) is 11.3 Å². The van der Waals surface area contributed by atoms with Gasteiger partial charge in [-0.2, -0.15) is 0 Å². The molecule has 1 saturated heterocycles. The maximum atomic E-state index is 13.3. The second-order valence-corrected chi connectivity index (χ2v) is 7.02. The van der Waals surface area contributed by atoms with Crippen molar-refractivity contribution in [3.05, 3.63) is 41.9 Å². The number of nitrogens with one attached hydrogen (secondary N) is 1. The highest BCUT2D eigenvalue weighted by Gasteiger charge is 2.14. The first-order chi connectivity index (χ1) is 13.1. The number of carbonyl (C=O) groups is 1. The number of urea groups is 1. The summed E-state index contributed by atoms with van der Waals surface area (Å²) in [6.07, 6.45) is 5.10. The van der Waals surface area contributed by atoms with Gasteiger partial charge in [-0.3, -0.25) is 0 Å². The predicted molar refractivity (Wildman–Crippen MR) is 102 cm³/mol. The van der Waals surface area contributed by atoms with Crippen LogP contribution in [0.1, 0.15) is 31.4 Å². The van der Waals surface area contributed by atoms with E-state index in [2.05, 4.69) is 15.4 Å². The Morgan fingerprint density at radius 1 is 1.26 bits per heavy atom. The zero-order valence-corrected chi connectivity index (χ0v) is 15.8. The minimum Gasteiger partial charge on any atom is -0.359 e. The van der Waals surface area contributed by atoms with Gasteiger partial charge in [0.15, 0.2) is 5.76 Å². The molecule has 7 heteroatoms. The van der Waals surface area contributed by atoms with Crippen molar-refractivity contribution >= 4 is 6.03 Å². The summed E-state index contributed by atoms with van der Waals surface area (Å²) in [5.74, 6) is 0.208. The Bertz CT molecular complexity index is 741. The SMILES string of the molecule is CN(CCN1CCCCCC1)C(=O)NCc1cc(-c2cccc(F)c2)no1. The number of hydrogen-bond acceptors (Lipinski definition) is 4. The Labute approximate surface area is 159 Å². The van der Waals surface area contributed by atoms with Crippen LogP contribution in [0, 0.1) is 5.82 Å². The number of aromatic nitrogens is 1. The van der Waals surface area contributed by atoms with Crippen molar-refractivity contribution in [2.75, 3.05) is 33.2 Å². The van der Waals surface area contributed by atoms with Crippen LogP contribution in [0.15, 0.2) is 34.9 Å². The summed E-state index contributed by atoms with van der Waals surface area (Å²) in [7, 11) is 1.80. The van der Waals surface area contributed by atoms with Gasteiger partial charge in [0, 0.05) is 31.8 Å². The summed E-state index contributed by atoms with van der Waals surface area (Å²) in [5.41, 5.74) is 1.19. The van der Waals surface area contributed by atoms with E-state index in [1.807, 2.05) is 0 Å². The fourth-order valence-corrected chi connectivity index (χ4v) is 3.23. The molecule has 1 aliphatic rings. The summed E-state index contributed by atoms with van der Waals surface area (Å²) in [6, 6.07) is 7.74. The molecule has 146 valence electrons. The Hall–Kier alpha value is -2.41. The Balaban J connectivity index is 1.44. The average molecular weight is 374 g/mol. The van der Waals surface area contributed by atoms with Crippen LogP contribution in [-0.4, -0.2) is 54.2 Å². The molecular formula is C20H27FN4O2. The third kappa shape index (κ3) is 5.79. The number of halogens is 1. The molecule has 27 heavy (non-hydrogen) atoms. The molecule has 1 N–H and O–H groups in total. The first-order valence-corrected chi connectivity index (χ1v) is 9.54. The van der Waals surface area contributed by atoms with Crippen LogP contribution in [0.4, 0.5) is 9.18 Å². The summed E-state index contributed by atoms with van der Waals surface area (Å²) >= 11 is 0. The van der Waals surface area contributed by atoms with Crippen molar-refractivity contribution in [2.45, 2.75) is 32.2 Å². The summed E-state index contributed by atoms with van der Waals surface area (Å²) < 4.78 is 18.6.